The van der Waals surface area contributed by atoms with Gasteiger partial charge in [0, 0.05) is 6.20 Å². The molecule has 1 heterocycles. The van der Waals surface area contributed by atoms with Crippen molar-refractivity contribution in [1.82, 2.24) is 4.98 Å². The summed E-state index contributed by atoms with van der Waals surface area (Å²) in [6.07, 6.45) is 2.45. The lowest BCUT2D eigenvalue weighted by Gasteiger charge is -2.07. The lowest BCUT2D eigenvalue weighted by molar-refractivity contribution is -0.118. The summed E-state index contributed by atoms with van der Waals surface area (Å²) in [5.41, 5.74) is 6.63. The first-order valence-corrected chi connectivity index (χ1v) is 6.40. The summed E-state index contributed by atoms with van der Waals surface area (Å²) < 4.78 is 5.40. The van der Waals surface area contributed by atoms with Crippen LogP contribution in [0.3, 0.4) is 0 Å². The smallest absolute Gasteiger partial charge is 0.263 e. The number of anilines is 1. The predicted octanol–water partition coefficient (Wildman–Crippen LogP) is 1.60. The van der Waals surface area contributed by atoms with Crippen LogP contribution < -0.4 is 15.8 Å². The third-order valence-electron chi connectivity index (χ3n) is 2.66. The minimum absolute atomic E-state index is 0.0488. The van der Waals surface area contributed by atoms with E-state index in [0.29, 0.717) is 18.1 Å². The summed E-state index contributed by atoms with van der Waals surface area (Å²) in [5.74, 6) is 0.927. The van der Waals surface area contributed by atoms with E-state index in [4.69, 9.17) is 10.5 Å². The van der Waals surface area contributed by atoms with Crippen LogP contribution in [-0.4, -0.2) is 24.0 Å². The van der Waals surface area contributed by atoms with Gasteiger partial charge in [0.25, 0.3) is 5.91 Å². The Morgan fingerprint density at radius 3 is 2.65 bits per heavy atom. The molecule has 20 heavy (non-hydrogen) atoms. The summed E-state index contributed by atoms with van der Waals surface area (Å²) in [4.78, 5) is 15.7. The fourth-order valence-corrected chi connectivity index (χ4v) is 1.68. The van der Waals surface area contributed by atoms with Gasteiger partial charge in [-0.05, 0) is 42.8 Å². The van der Waals surface area contributed by atoms with E-state index in [0.717, 1.165) is 12.0 Å². The molecule has 2 aromatic rings. The fraction of sp³-hybridized carbons (Fsp3) is 0.200. The molecular formula is C15H17N3O2. The summed E-state index contributed by atoms with van der Waals surface area (Å²) in [6.45, 7) is 0.569. The van der Waals surface area contributed by atoms with Gasteiger partial charge >= 0.3 is 0 Å². The molecule has 1 amide bonds. The highest BCUT2D eigenvalue weighted by Crippen LogP contribution is 2.12. The Labute approximate surface area is 117 Å². The Morgan fingerprint density at radius 1 is 1.20 bits per heavy atom. The van der Waals surface area contributed by atoms with E-state index in [1.165, 1.54) is 0 Å². The second kappa shape index (κ2) is 7.25. The number of ether oxygens (including phenoxy) is 1. The zero-order valence-corrected chi connectivity index (χ0v) is 11.1. The number of nitrogens with zero attached hydrogens (tertiary/aromatic N) is 1. The lowest BCUT2D eigenvalue weighted by atomic mass is 10.1. The van der Waals surface area contributed by atoms with Gasteiger partial charge in [0.2, 0.25) is 0 Å². The van der Waals surface area contributed by atoms with Crippen molar-refractivity contribution in [2.75, 3.05) is 18.5 Å². The third-order valence-corrected chi connectivity index (χ3v) is 2.66. The number of hydrogen-bond acceptors (Lipinski definition) is 4. The summed E-state index contributed by atoms with van der Waals surface area (Å²) >= 11 is 0. The van der Waals surface area contributed by atoms with Gasteiger partial charge in [-0.3, -0.25) is 4.79 Å². The Hall–Kier alpha value is -2.40. The molecule has 2 rings (SSSR count). The Morgan fingerprint density at radius 2 is 2.00 bits per heavy atom. The van der Waals surface area contributed by atoms with Crippen molar-refractivity contribution in [3.8, 4) is 5.75 Å². The van der Waals surface area contributed by atoms with E-state index in [1.807, 2.05) is 24.3 Å². The van der Waals surface area contributed by atoms with Crippen LogP contribution in [0.25, 0.3) is 0 Å². The van der Waals surface area contributed by atoms with Crippen LogP contribution in [0.2, 0.25) is 0 Å². The van der Waals surface area contributed by atoms with Crippen molar-refractivity contribution in [3.63, 3.8) is 0 Å². The predicted molar refractivity (Wildman–Crippen MR) is 77.6 cm³/mol. The van der Waals surface area contributed by atoms with E-state index in [2.05, 4.69) is 10.3 Å². The topological polar surface area (TPSA) is 77.2 Å². The zero-order valence-electron chi connectivity index (χ0n) is 11.1. The molecule has 1 aromatic carbocycles. The molecule has 0 unspecified atom stereocenters. The van der Waals surface area contributed by atoms with Gasteiger partial charge in [0.15, 0.2) is 6.61 Å². The lowest BCUT2D eigenvalue weighted by Crippen LogP contribution is -2.20. The van der Waals surface area contributed by atoms with Crippen LogP contribution in [0.15, 0.2) is 48.7 Å². The number of pyridine rings is 1. The highest BCUT2D eigenvalue weighted by Gasteiger charge is 2.04. The van der Waals surface area contributed by atoms with Crippen LogP contribution in [-0.2, 0) is 11.2 Å². The molecule has 0 saturated heterocycles. The van der Waals surface area contributed by atoms with Gasteiger partial charge in [0.05, 0.1) is 0 Å². The minimum atomic E-state index is -0.241. The largest absolute Gasteiger partial charge is 0.484 e. The molecule has 0 radical (unpaired) electrons. The van der Waals surface area contributed by atoms with Crippen molar-refractivity contribution in [1.29, 1.82) is 0 Å². The average molecular weight is 271 g/mol. The van der Waals surface area contributed by atoms with Gasteiger partial charge in [0.1, 0.15) is 11.6 Å². The second-order valence-corrected chi connectivity index (χ2v) is 4.23. The first kappa shape index (κ1) is 14.0. The Kier molecular flexibility index (Phi) is 5.08. The van der Waals surface area contributed by atoms with E-state index in [-0.39, 0.29) is 12.5 Å². The van der Waals surface area contributed by atoms with Crippen molar-refractivity contribution in [2.24, 2.45) is 5.73 Å². The standard InChI is InChI=1S/C15H17N3O2/c16-9-8-12-4-6-13(7-5-12)20-11-15(19)18-14-3-1-2-10-17-14/h1-7,10H,8-9,11,16H2,(H,17,18,19). The summed E-state index contributed by atoms with van der Waals surface area (Å²) in [5, 5.41) is 2.65. The fourth-order valence-electron chi connectivity index (χ4n) is 1.68. The monoisotopic (exact) mass is 271 g/mol. The maximum Gasteiger partial charge on any atom is 0.263 e. The SMILES string of the molecule is NCCc1ccc(OCC(=O)Nc2ccccn2)cc1. The first-order valence-electron chi connectivity index (χ1n) is 6.40. The summed E-state index contributed by atoms with van der Waals surface area (Å²) in [7, 11) is 0. The molecule has 104 valence electrons. The number of amides is 1. The molecule has 0 aliphatic carbocycles. The quantitative estimate of drug-likeness (QED) is 0.836. The Balaban J connectivity index is 1.81. The molecule has 1 aromatic heterocycles. The number of carbonyl (C=O) groups is 1. The van der Waals surface area contributed by atoms with Crippen LogP contribution in [0.4, 0.5) is 5.82 Å². The van der Waals surface area contributed by atoms with E-state index in [1.54, 1.807) is 24.4 Å². The van der Waals surface area contributed by atoms with Crippen LogP contribution >= 0.6 is 0 Å². The number of nitrogens with two attached hydrogens (primary N) is 1. The van der Waals surface area contributed by atoms with Crippen LogP contribution in [0, 0.1) is 0 Å². The van der Waals surface area contributed by atoms with Crippen LogP contribution in [0.1, 0.15) is 5.56 Å². The molecule has 0 bridgehead atoms. The van der Waals surface area contributed by atoms with Crippen molar-refractivity contribution in [3.05, 3.63) is 54.2 Å². The van der Waals surface area contributed by atoms with Gasteiger partial charge in [-0.2, -0.15) is 0 Å². The molecule has 0 atom stereocenters. The van der Waals surface area contributed by atoms with Crippen molar-refractivity contribution >= 4 is 11.7 Å². The van der Waals surface area contributed by atoms with Gasteiger partial charge in [-0.25, -0.2) is 4.98 Å². The summed E-state index contributed by atoms with van der Waals surface area (Å²) in [6, 6.07) is 12.9. The molecule has 5 heteroatoms. The number of benzene rings is 1. The Bertz CT molecular complexity index is 541. The number of nitrogens with one attached hydrogen (secondary N) is 1. The van der Waals surface area contributed by atoms with Crippen molar-refractivity contribution in [2.45, 2.75) is 6.42 Å². The van der Waals surface area contributed by atoms with Crippen LogP contribution in [0.5, 0.6) is 5.75 Å². The highest BCUT2D eigenvalue weighted by atomic mass is 16.5. The van der Waals surface area contributed by atoms with Crippen molar-refractivity contribution < 1.29 is 9.53 Å². The maximum absolute atomic E-state index is 11.7. The van der Waals surface area contributed by atoms with E-state index >= 15 is 0 Å². The number of rotatable bonds is 6. The zero-order chi connectivity index (χ0) is 14.2. The molecule has 0 aliphatic heterocycles. The normalized spacial score (nSPS) is 10.1. The molecule has 5 nitrogen and oxygen atoms in total. The second-order valence-electron chi connectivity index (χ2n) is 4.23. The average Bonchev–Trinajstić information content (AvgIpc) is 2.48. The molecular weight excluding hydrogens is 254 g/mol. The van der Waals surface area contributed by atoms with Gasteiger partial charge in [-0.1, -0.05) is 18.2 Å². The molecule has 3 N–H and O–H groups in total. The molecule has 0 saturated carbocycles. The first-order chi connectivity index (χ1) is 9.78. The van der Waals surface area contributed by atoms with E-state index < -0.39 is 0 Å². The highest BCUT2D eigenvalue weighted by molar-refractivity contribution is 5.90. The molecule has 0 aliphatic rings. The number of hydrogen-bond donors (Lipinski definition) is 2. The van der Waals surface area contributed by atoms with E-state index in [9.17, 15) is 4.79 Å². The third kappa shape index (κ3) is 4.37. The molecule has 0 fully saturated rings. The van der Waals surface area contributed by atoms with Gasteiger partial charge in [-0.15, -0.1) is 0 Å². The molecule has 0 spiro atoms. The number of carbonyl (C=O) groups excluding carboxylic acids is 1. The maximum atomic E-state index is 11.7. The van der Waals surface area contributed by atoms with Gasteiger partial charge < -0.3 is 15.8 Å². The minimum Gasteiger partial charge on any atom is -0.484 e. The number of aromatic nitrogens is 1.